The summed E-state index contributed by atoms with van der Waals surface area (Å²) in [6.45, 7) is 5.33. The molecule has 0 saturated carbocycles. The number of carbonyl (C=O) groups excluding carboxylic acids is 2. The lowest BCUT2D eigenvalue weighted by molar-refractivity contribution is -0.113. The molecule has 0 aliphatic carbocycles. The van der Waals surface area contributed by atoms with E-state index in [0.717, 1.165) is 5.56 Å². The van der Waals surface area contributed by atoms with Crippen molar-refractivity contribution in [2.45, 2.75) is 32.6 Å². The highest BCUT2D eigenvalue weighted by Crippen LogP contribution is 2.21. The predicted octanol–water partition coefficient (Wildman–Crippen LogP) is 3.70. The van der Waals surface area contributed by atoms with Crippen molar-refractivity contribution in [2.24, 2.45) is 0 Å². The molecule has 0 heterocycles. The summed E-state index contributed by atoms with van der Waals surface area (Å²) in [6, 6.07) is 10.9. The van der Waals surface area contributed by atoms with Crippen molar-refractivity contribution in [2.75, 3.05) is 11.3 Å². The van der Waals surface area contributed by atoms with Gasteiger partial charge >= 0.3 is 5.97 Å². The van der Waals surface area contributed by atoms with Crippen LogP contribution in [-0.2, 0) is 19.6 Å². The Morgan fingerprint density at radius 1 is 1.10 bits per heavy atom. The van der Waals surface area contributed by atoms with E-state index in [1.165, 1.54) is 32.0 Å². The van der Waals surface area contributed by atoms with E-state index in [0.29, 0.717) is 11.3 Å². The van der Waals surface area contributed by atoms with Gasteiger partial charge in [-0.3, -0.25) is 9.52 Å². The maximum atomic E-state index is 12.7. The first kappa shape index (κ1) is 23.8. The molecule has 8 nitrogen and oxygen atoms in total. The van der Waals surface area contributed by atoms with Crippen LogP contribution in [0.1, 0.15) is 35.3 Å². The monoisotopic (exact) mass is 444 g/mol. The summed E-state index contributed by atoms with van der Waals surface area (Å²) in [4.78, 5) is 23.9. The minimum absolute atomic E-state index is 0.00383. The maximum absolute atomic E-state index is 12.7. The van der Waals surface area contributed by atoms with Gasteiger partial charge in [0, 0.05) is 11.4 Å². The van der Waals surface area contributed by atoms with E-state index in [4.69, 9.17) is 10.1 Å². The fourth-order valence-electron chi connectivity index (χ4n) is 2.88. The summed E-state index contributed by atoms with van der Waals surface area (Å²) >= 11 is 0. The lowest BCUT2D eigenvalue weighted by Crippen LogP contribution is -2.17. The molecule has 3 N–H and O–H groups in total. The lowest BCUT2D eigenvalue weighted by Gasteiger charge is -2.12. The number of nitrogens with one attached hydrogen (secondary N) is 2. The fraction of sp³-hybridized carbons (Fsp3) is 0.227. The highest BCUT2D eigenvalue weighted by Gasteiger charge is 2.20. The number of aryl methyl sites for hydroxylation is 2. The van der Waals surface area contributed by atoms with Crippen LogP contribution in [0.15, 0.2) is 58.7 Å². The molecule has 0 saturated heterocycles. The first-order valence-electron chi connectivity index (χ1n) is 9.28. The molecule has 0 atom stereocenters. The van der Waals surface area contributed by atoms with Gasteiger partial charge in [0.15, 0.2) is 5.78 Å². The highest BCUT2D eigenvalue weighted by molar-refractivity contribution is 7.92. The molecule has 2 rings (SSSR count). The van der Waals surface area contributed by atoms with Gasteiger partial charge in [-0.05, 0) is 63.1 Å². The molecular formula is C22H24N2O6S. The number of carbonyl (C=O) groups is 2. The summed E-state index contributed by atoms with van der Waals surface area (Å²) < 4.78 is 33.0. The molecule has 2 aromatic carbocycles. The molecule has 0 aromatic heterocycles. The molecule has 0 aliphatic rings. The van der Waals surface area contributed by atoms with Gasteiger partial charge in [-0.25, -0.2) is 13.2 Å². The van der Waals surface area contributed by atoms with E-state index in [2.05, 4.69) is 4.72 Å². The summed E-state index contributed by atoms with van der Waals surface area (Å²) in [5.41, 5.74) is 1.34. The van der Waals surface area contributed by atoms with Gasteiger partial charge in [-0.1, -0.05) is 18.2 Å². The number of sulfonamides is 1. The number of aliphatic hydroxyl groups excluding tert-OH is 1. The van der Waals surface area contributed by atoms with Crippen molar-refractivity contribution < 1.29 is 27.9 Å². The van der Waals surface area contributed by atoms with Crippen molar-refractivity contribution in [1.29, 1.82) is 5.41 Å². The summed E-state index contributed by atoms with van der Waals surface area (Å²) in [7, 11) is -3.96. The van der Waals surface area contributed by atoms with Crippen LogP contribution in [0, 0.1) is 19.3 Å². The van der Waals surface area contributed by atoms with Gasteiger partial charge in [0.25, 0.3) is 10.0 Å². The second kappa shape index (κ2) is 9.57. The SMILES string of the molecule is CC(=N)/C(C(C)=O)=C(/O)COC(=O)c1cc(S(=O)(=O)Nc2cccc(C)c2)ccc1C. The molecule has 2 aromatic rings. The van der Waals surface area contributed by atoms with E-state index in [1.807, 2.05) is 13.0 Å². The van der Waals surface area contributed by atoms with Crippen LogP contribution in [0.4, 0.5) is 5.69 Å². The van der Waals surface area contributed by atoms with Gasteiger partial charge in [0.2, 0.25) is 0 Å². The van der Waals surface area contributed by atoms with Crippen LogP contribution >= 0.6 is 0 Å². The van der Waals surface area contributed by atoms with E-state index in [-0.39, 0.29) is 21.7 Å². The Morgan fingerprint density at radius 3 is 2.35 bits per heavy atom. The van der Waals surface area contributed by atoms with E-state index in [9.17, 15) is 23.1 Å². The van der Waals surface area contributed by atoms with Crippen LogP contribution < -0.4 is 4.72 Å². The average molecular weight is 445 g/mol. The van der Waals surface area contributed by atoms with Gasteiger partial charge < -0.3 is 15.3 Å². The minimum Gasteiger partial charge on any atom is -0.508 e. The number of aliphatic hydroxyl groups is 1. The second-order valence-electron chi connectivity index (χ2n) is 7.03. The Bertz CT molecular complexity index is 1170. The lowest BCUT2D eigenvalue weighted by atomic mass is 10.1. The molecule has 0 bridgehead atoms. The fourth-order valence-corrected chi connectivity index (χ4v) is 3.95. The number of hydrogen-bond donors (Lipinski definition) is 3. The second-order valence-corrected chi connectivity index (χ2v) is 8.71. The molecule has 164 valence electrons. The normalized spacial score (nSPS) is 12.0. The molecule has 0 fully saturated rings. The van der Waals surface area contributed by atoms with Crippen LogP contribution in [0.5, 0.6) is 0 Å². The topological polar surface area (TPSA) is 134 Å². The zero-order chi connectivity index (χ0) is 23.3. The first-order chi connectivity index (χ1) is 14.4. The molecular weight excluding hydrogens is 420 g/mol. The summed E-state index contributed by atoms with van der Waals surface area (Å²) in [5, 5.41) is 17.6. The van der Waals surface area contributed by atoms with Crippen molar-refractivity contribution in [3.05, 3.63) is 70.5 Å². The molecule has 0 radical (unpaired) electrons. The van der Waals surface area contributed by atoms with Gasteiger partial charge in [-0.15, -0.1) is 0 Å². The number of ether oxygens (including phenoxy) is 1. The van der Waals surface area contributed by atoms with E-state index in [1.54, 1.807) is 25.1 Å². The maximum Gasteiger partial charge on any atom is 0.338 e. The molecule has 0 aliphatic heterocycles. The van der Waals surface area contributed by atoms with Crippen molar-refractivity contribution >= 4 is 33.2 Å². The molecule has 9 heteroatoms. The van der Waals surface area contributed by atoms with Gasteiger partial charge in [0.1, 0.15) is 12.4 Å². The number of Topliss-reactive ketones (excluding diaryl/α,β-unsaturated/α-hetero) is 1. The zero-order valence-electron chi connectivity index (χ0n) is 17.6. The third kappa shape index (κ3) is 6.02. The standard InChI is InChI=1S/C22H24N2O6S/c1-13-6-5-7-17(10-13)24-31(28,29)18-9-8-14(2)19(11-18)22(27)30-12-20(26)21(15(3)23)16(4)25/h5-11,23-24,26H,12H2,1-4H3/b21-20-,23-15?. The molecule has 0 spiro atoms. The summed E-state index contributed by atoms with van der Waals surface area (Å²) in [5.74, 6) is -1.95. The Hall–Kier alpha value is -3.46. The van der Waals surface area contributed by atoms with Gasteiger partial charge in [-0.2, -0.15) is 0 Å². The number of esters is 1. The zero-order valence-corrected chi connectivity index (χ0v) is 18.5. The Kier molecular flexibility index (Phi) is 7.35. The average Bonchev–Trinajstić information content (AvgIpc) is 2.65. The van der Waals surface area contributed by atoms with Crippen LogP contribution in [0.3, 0.4) is 0 Å². The van der Waals surface area contributed by atoms with Crippen molar-refractivity contribution in [3.8, 4) is 0 Å². The number of anilines is 1. The number of hydrogen-bond acceptors (Lipinski definition) is 7. The van der Waals surface area contributed by atoms with Crippen molar-refractivity contribution in [3.63, 3.8) is 0 Å². The highest BCUT2D eigenvalue weighted by atomic mass is 32.2. The number of rotatable bonds is 8. The largest absolute Gasteiger partial charge is 0.508 e. The molecule has 0 unspecified atom stereocenters. The van der Waals surface area contributed by atoms with Gasteiger partial charge in [0.05, 0.1) is 16.0 Å². The minimum atomic E-state index is -3.96. The molecule has 31 heavy (non-hydrogen) atoms. The summed E-state index contributed by atoms with van der Waals surface area (Å²) in [6.07, 6.45) is 0. The number of benzene rings is 2. The van der Waals surface area contributed by atoms with Crippen LogP contribution in [0.2, 0.25) is 0 Å². The van der Waals surface area contributed by atoms with E-state index < -0.39 is 34.1 Å². The van der Waals surface area contributed by atoms with Crippen LogP contribution in [0.25, 0.3) is 0 Å². The smallest absolute Gasteiger partial charge is 0.338 e. The van der Waals surface area contributed by atoms with Crippen LogP contribution in [-0.4, -0.2) is 37.6 Å². The third-order valence-electron chi connectivity index (χ3n) is 4.37. The quantitative estimate of drug-likeness (QED) is 0.246. The Morgan fingerprint density at radius 2 is 1.77 bits per heavy atom. The number of ketones is 1. The molecule has 0 amide bonds. The Labute approximate surface area is 181 Å². The van der Waals surface area contributed by atoms with Crippen molar-refractivity contribution in [1.82, 2.24) is 0 Å². The predicted molar refractivity (Wildman–Crippen MR) is 117 cm³/mol. The van der Waals surface area contributed by atoms with E-state index >= 15 is 0 Å². The third-order valence-corrected chi connectivity index (χ3v) is 5.74. The Balaban J connectivity index is 2.27. The number of allylic oxidation sites excluding steroid dienone is 1. The first-order valence-corrected chi connectivity index (χ1v) is 10.8.